The van der Waals surface area contributed by atoms with E-state index in [0.717, 1.165) is 18.4 Å². The predicted octanol–water partition coefficient (Wildman–Crippen LogP) is 3.91. The third kappa shape index (κ3) is 2.75. The van der Waals surface area contributed by atoms with E-state index < -0.39 is 0 Å². The maximum absolute atomic E-state index is 13.1. The number of aromatic amines is 1. The normalized spacial score (nSPS) is 14.7. The van der Waals surface area contributed by atoms with Crippen LogP contribution in [0.15, 0.2) is 18.2 Å². The maximum atomic E-state index is 13.1. The molecule has 0 aliphatic heterocycles. The van der Waals surface area contributed by atoms with Crippen molar-refractivity contribution >= 4 is 28.6 Å². The van der Waals surface area contributed by atoms with Crippen LogP contribution in [0.2, 0.25) is 0 Å². The molecular weight excluding hydrogens is 253 g/mol. The number of aromatic nitrogens is 2. The Morgan fingerprint density at radius 3 is 2.94 bits per heavy atom. The van der Waals surface area contributed by atoms with Gasteiger partial charge in [-0.3, -0.25) is 0 Å². The largest absolute Gasteiger partial charge is 0.351 e. The zero-order valence-corrected chi connectivity index (χ0v) is 11.3. The van der Waals surface area contributed by atoms with Crippen molar-refractivity contribution in [3.63, 3.8) is 0 Å². The van der Waals surface area contributed by atoms with Gasteiger partial charge in [0.05, 0.1) is 11.0 Å². The molecule has 3 nitrogen and oxygen atoms in total. The van der Waals surface area contributed by atoms with Gasteiger partial charge in [0.15, 0.2) is 0 Å². The zero-order valence-electron chi connectivity index (χ0n) is 10.6. The predicted molar refractivity (Wildman–Crippen MR) is 73.7 cm³/mol. The highest BCUT2D eigenvalue weighted by atomic mass is 35.5. The van der Waals surface area contributed by atoms with Gasteiger partial charge in [-0.2, -0.15) is 0 Å². The summed E-state index contributed by atoms with van der Waals surface area (Å²) in [5.41, 5.74) is 1.35. The van der Waals surface area contributed by atoms with Crippen LogP contribution in [0.4, 0.5) is 10.3 Å². The molecule has 2 aromatic rings. The Morgan fingerprint density at radius 2 is 2.28 bits per heavy atom. The number of nitrogens with zero attached hydrogens (tertiary/aromatic N) is 1. The Hall–Kier alpha value is -1.29. The summed E-state index contributed by atoms with van der Waals surface area (Å²) in [4.78, 5) is 7.47. The Bertz CT molecular complexity index is 540. The molecule has 2 rings (SSSR count). The number of imidazole rings is 1. The van der Waals surface area contributed by atoms with Crippen LogP contribution >= 0.6 is 11.6 Å². The topological polar surface area (TPSA) is 40.7 Å². The summed E-state index contributed by atoms with van der Waals surface area (Å²) in [6.45, 7) is 4.20. The minimum absolute atomic E-state index is 0.103. The molecule has 0 spiro atoms. The molecule has 1 atom stereocenters. The molecule has 0 aliphatic carbocycles. The SMILES string of the molecule is CCC(C)(CCCl)Nc1nc2ccc(F)cc2[nH]1. The van der Waals surface area contributed by atoms with Crippen molar-refractivity contribution in [2.75, 3.05) is 11.2 Å². The number of H-pyrrole nitrogens is 1. The van der Waals surface area contributed by atoms with Crippen molar-refractivity contribution in [1.29, 1.82) is 0 Å². The van der Waals surface area contributed by atoms with E-state index >= 15 is 0 Å². The van der Waals surface area contributed by atoms with E-state index in [9.17, 15) is 4.39 Å². The zero-order chi connectivity index (χ0) is 13.2. The fourth-order valence-corrected chi connectivity index (χ4v) is 2.28. The minimum Gasteiger partial charge on any atom is -0.351 e. The van der Waals surface area contributed by atoms with E-state index in [0.29, 0.717) is 17.3 Å². The molecular formula is C13H17ClFN3. The molecule has 5 heteroatoms. The molecule has 18 heavy (non-hydrogen) atoms. The van der Waals surface area contributed by atoms with E-state index in [4.69, 9.17) is 11.6 Å². The number of anilines is 1. The average molecular weight is 270 g/mol. The molecule has 0 saturated heterocycles. The minimum atomic E-state index is -0.267. The Morgan fingerprint density at radius 1 is 1.50 bits per heavy atom. The second-order valence-corrected chi connectivity index (χ2v) is 5.10. The van der Waals surface area contributed by atoms with Gasteiger partial charge in [-0.05, 0) is 38.0 Å². The highest BCUT2D eigenvalue weighted by Gasteiger charge is 2.22. The third-order valence-corrected chi connectivity index (χ3v) is 3.48. The quantitative estimate of drug-likeness (QED) is 0.808. The second-order valence-electron chi connectivity index (χ2n) is 4.73. The third-order valence-electron chi connectivity index (χ3n) is 3.29. The summed E-state index contributed by atoms with van der Waals surface area (Å²) in [6.07, 6.45) is 1.78. The molecule has 0 amide bonds. The van der Waals surface area contributed by atoms with Gasteiger partial charge >= 0.3 is 0 Å². The lowest BCUT2D eigenvalue weighted by Gasteiger charge is -2.28. The number of hydrogen-bond acceptors (Lipinski definition) is 2. The first-order chi connectivity index (χ1) is 8.56. The van der Waals surface area contributed by atoms with Gasteiger partial charge in [0.1, 0.15) is 5.82 Å². The highest BCUT2D eigenvalue weighted by molar-refractivity contribution is 6.17. The van der Waals surface area contributed by atoms with Crippen LogP contribution in [0.1, 0.15) is 26.7 Å². The number of alkyl halides is 1. The molecule has 98 valence electrons. The molecule has 0 saturated carbocycles. The molecule has 1 unspecified atom stereocenters. The molecule has 0 bridgehead atoms. The smallest absolute Gasteiger partial charge is 0.201 e. The van der Waals surface area contributed by atoms with Crippen molar-refractivity contribution in [3.8, 4) is 0 Å². The number of rotatable bonds is 5. The van der Waals surface area contributed by atoms with Crippen LogP contribution in [-0.2, 0) is 0 Å². The molecule has 0 fully saturated rings. The Balaban J connectivity index is 2.26. The lowest BCUT2D eigenvalue weighted by molar-refractivity contribution is 0.478. The number of nitrogens with one attached hydrogen (secondary N) is 2. The molecule has 1 aromatic carbocycles. The van der Waals surface area contributed by atoms with Gasteiger partial charge in [-0.1, -0.05) is 6.92 Å². The van der Waals surface area contributed by atoms with Gasteiger partial charge in [-0.15, -0.1) is 11.6 Å². The molecule has 0 radical (unpaired) electrons. The Labute approximate surface area is 111 Å². The van der Waals surface area contributed by atoms with Crippen LogP contribution in [0.3, 0.4) is 0 Å². The number of halogens is 2. The first kappa shape index (κ1) is 13.1. The van der Waals surface area contributed by atoms with Crippen molar-refractivity contribution < 1.29 is 4.39 Å². The molecule has 0 aliphatic rings. The fraction of sp³-hybridized carbons (Fsp3) is 0.462. The average Bonchev–Trinajstić information content (AvgIpc) is 2.70. The molecule has 2 N–H and O–H groups in total. The van der Waals surface area contributed by atoms with Gasteiger partial charge in [-0.25, -0.2) is 9.37 Å². The van der Waals surface area contributed by atoms with E-state index in [2.05, 4.69) is 29.1 Å². The van der Waals surface area contributed by atoms with Crippen molar-refractivity contribution in [1.82, 2.24) is 9.97 Å². The van der Waals surface area contributed by atoms with E-state index in [1.54, 1.807) is 6.07 Å². The number of benzene rings is 1. The summed E-state index contributed by atoms with van der Waals surface area (Å²) in [5.74, 6) is 0.980. The lowest BCUT2D eigenvalue weighted by Crippen LogP contribution is -2.34. The van der Waals surface area contributed by atoms with Gasteiger partial charge in [0.25, 0.3) is 0 Å². The standard InChI is InChI=1S/C13H17ClFN3/c1-3-13(2,6-7-14)18-12-16-10-5-4-9(15)8-11(10)17-12/h4-5,8H,3,6-7H2,1-2H3,(H2,16,17,18). The van der Waals surface area contributed by atoms with E-state index in [-0.39, 0.29) is 11.4 Å². The van der Waals surface area contributed by atoms with Crippen LogP contribution in [0.5, 0.6) is 0 Å². The summed E-state index contributed by atoms with van der Waals surface area (Å²) < 4.78 is 13.1. The Kier molecular flexibility index (Phi) is 3.76. The van der Waals surface area contributed by atoms with Gasteiger partial charge in [0, 0.05) is 11.4 Å². The van der Waals surface area contributed by atoms with E-state index in [1.807, 2.05) is 0 Å². The van der Waals surface area contributed by atoms with Crippen LogP contribution in [0.25, 0.3) is 11.0 Å². The summed E-state index contributed by atoms with van der Waals surface area (Å²) >= 11 is 5.81. The molecule has 1 heterocycles. The summed E-state index contributed by atoms with van der Waals surface area (Å²) in [6, 6.07) is 4.51. The summed E-state index contributed by atoms with van der Waals surface area (Å²) in [5, 5.41) is 3.34. The second kappa shape index (κ2) is 5.14. The van der Waals surface area contributed by atoms with Gasteiger partial charge < -0.3 is 10.3 Å². The van der Waals surface area contributed by atoms with Crippen molar-refractivity contribution in [2.45, 2.75) is 32.2 Å². The first-order valence-corrected chi connectivity index (χ1v) is 6.59. The van der Waals surface area contributed by atoms with Crippen molar-refractivity contribution in [3.05, 3.63) is 24.0 Å². The maximum Gasteiger partial charge on any atom is 0.201 e. The first-order valence-electron chi connectivity index (χ1n) is 6.06. The lowest BCUT2D eigenvalue weighted by atomic mass is 9.96. The van der Waals surface area contributed by atoms with Crippen LogP contribution in [-0.4, -0.2) is 21.4 Å². The highest BCUT2D eigenvalue weighted by Crippen LogP contribution is 2.23. The number of fused-ring (bicyclic) bond motifs is 1. The van der Waals surface area contributed by atoms with E-state index in [1.165, 1.54) is 12.1 Å². The van der Waals surface area contributed by atoms with Gasteiger partial charge in [0.2, 0.25) is 5.95 Å². The number of hydrogen-bond donors (Lipinski definition) is 2. The summed E-state index contributed by atoms with van der Waals surface area (Å²) in [7, 11) is 0. The fourth-order valence-electron chi connectivity index (χ4n) is 1.86. The molecule has 1 aromatic heterocycles. The monoisotopic (exact) mass is 269 g/mol. The van der Waals surface area contributed by atoms with Crippen LogP contribution in [0, 0.1) is 5.82 Å². The van der Waals surface area contributed by atoms with Crippen molar-refractivity contribution in [2.24, 2.45) is 0 Å². The van der Waals surface area contributed by atoms with Crippen LogP contribution < -0.4 is 5.32 Å².